The SMILES string of the molecule is CC(CN(Cc1ccccc1Cl)c1nccs1)C(=O)O. The lowest BCUT2D eigenvalue weighted by Gasteiger charge is -2.24. The van der Waals surface area contributed by atoms with E-state index in [2.05, 4.69) is 4.98 Å². The van der Waals surface area contributed by atoms with Gasteiger partial charge >= 0.3 is 5.97 Å². The topological polar surface area (TPSA) is 53.4 Å². The van der Waals surface area contributed by atoms with Crippen molar-refractivity contribution in [1.29, 1.82) is 0 Å². The summed E-state index contributed by atoms with van der Waals surface area (Å²) in [4.78, 5) is 17.3. The highest BCUT2D eigenvalue weighted by atomic mass is 35.5. The summed E-state index contributed by atoms with van der Waals surface area (Å²) in [7, 11) is 0. The fraction of sp³-hybridized carbons (Fsp3) is 0.286. The van der Waals surface area contributed by atoms with Gasteiger partial charge in [0.05, 0.1) is 5.92 Å². The molecule has 4 nitrogen and oxygen atoms in total. The Morgan fingerprint density at radius 1 is 1.50 bits per heavy atom. The fourth-order valence-electron chi connectivity index (χ4n) is 1.82. The maximum absolute atomic E-state index is 11.1. The molecule has 106 valence electrons. The highest BCUT2D eigenvalue weighted by Gasteiger charge is 2.19. The molecule has 1 unspecified atom stereocenters. The number of hydrogen-bond acceptors (Lipinski definition) is 4. The monoisotopic (exact) mass is 310 g/mol. The smallest absolute Gasteiger partial charge is 0.308 e. The predicted molar refractivity (Wildman–Crippen MR) is 81.4 cm³/mol. The van der Waals surface area contributed by atoms with Gasteiger partial charge in [-0.05, 0) is 11.6 Å². The number of aromatic nitrogens is 1. The quantitative estimate of drug-likeness (QED) is 0.887. The molecule has 1 atom stereocenters. The molecule has 0 aliphatic heterocycles. The summed E-state index contributed by atoms with van der Waals surface area (Å²) in [6.07, 6.45) is 1.71. The number of carbonyl (C=O) groups is 1. The summed E-state index contributed by atoms with van der Waals surface area (Å²) < 4.78 is 0. The third kappa shape index (κ3) is 3.71. The van der Waals surface area contributed by atoms with Gasteiger partial charge in [0.15, 0.2) is 5.13 Å². The Morgan fingerprint density at radius 2 is 2.25 bits per heavy atom. The lowest BCUT2D eigenvalue weighted by molar-refractivity contribution is -0.140. The third-order valence-electron chi connectivity index (χ3n) is 2.92. The minimum atomic E-state index is -0.814. The number of nitrogens with zero attached hydrogens (tertiary/aromatic N) is 2. The molecule has 0 amide bonds. The second kappa shape index (κ2) is 6.72. The van der Waals surface area contributed by atoms with E-state index in [9.17, 15) is 4.79 Å². The fourth-order valence-corrected chi connectivity index (χ4v) is 2.67. The highest BCUT2D eigenvalue weighted by molar-refractivity contribution is 7.13. The maximum Gasteiger partial charge on any atom is 0.308 e. The second-order valence-corrected chi connectivity index (χ2v) is 5.81. The summed E-state index contributed by atoms with van der Waals surface area (Å²) in [6, 6.07) is 7.56. The van der Waals surface area contributed by atoms with Crippen LogP contribution in [-0.4, -0.2) is 22.6 Å². The highest BCUT2D eigenvalue weighted by Crippen LogP contribution is 2.24. The van der Waals surface area contributed by atoms with E-state index in [1.165, 1.54) is 11.3 Å². The molecule has 1 N–H and O–H groups in total. The number of halogens is 1. The Labute approximate surface area is 126 Å². The van der Waals surface area contributed by atoms with Gasteiger partial charge in [-0.15, -0.1) is 11.3 Å². The first-order chi connectivity index (χ1) is 9.58. The Hall–Kier alpha value is -1.59. The molecule has 0 saturated carbocycles. The first-order valence-corrected chi connectivity index (χ1v) is 7.44. The number of carboxylic acids is 1. The van der Waals surface area contributed by atoms with Crippen LogP contribution in [0.5, 0.6) is 0 Å². The molecule has 2 aromatic rings. The van der Waals surface area contributed by atoms with Crippen LogP contribution in [0, 0.1) is 5.92 Å². The number of hydrogen-bond donors (Lipinski definition) is 1. The van der Waals surface area contributed by atoms with Crippen LogP contribution in [0.2, 0.25) is 5.02 Å². The van der Waals surface area contributed by atoms with Gasteiger partial charge in [0, 0.05) is 29.7 Å². The zero-order valence-electron chi connectivity index (χ0n) is 11.0. The van der Waals surface area contributed by atoms with Crippen LogP contribution in [0.4, 0.5) is 5.13 Å². The molecule has 20 heavy (non-hydrogen) atoms. The molecule has 0 spiro atoms. The van der Waals surface area contributed by atoms with E-state index < -0.39 is 11.9 Å². The largest absolute Gasteiger partial charge is 0.481 e. The first kappa shape index (κ1) is 14.8. The summed E-state index contributed by atoms with van der Waals surface area (Å²) in [5, 5.41) is 12.4. The van der Waals surface area contributed by atoms with Gasteiger partial charge in [-0.1, -0.05) is 36.7 Å². The van der Waals surface area contributed by atoms with E-state index >= 15 is 0 Å². The van der Waals surface area contributed by atoms with Crippen molar-refractivity contribution in [2.75, 3.05) is 11.4 Å². The predicted octanol–water partition coefficient (Wildman–Crippen LogP) is 3.52. The molecule has 6 heteroatoms. The van der Waals surface area contributed by atoms with Gasteiger partial charge in [-0.2, -0.15) is 0 Å². The van der Waals surface area contributed by atoms with Crippen molar-refractivity contribution in [2.45, 2.75) is 13.5 Å². The van der Waals surface area contributed by atoms with Crippen LogP contribution < -0.4 is 4.90 Å². The summed E-state index contributed by atoms with van der Waals surface area (Å²) in [5.74, 6) is -1.29. The average molecular weight is 311 g/mol. The molecule has 0 radical (unpaired) electrons. The number of anilines is 1. The molecule has 1 aromatic carbocycles. The van der Waals surface area contributed by atoms with Crippen molar-refractivity contribution in [2.24, 2.45) is 5.92 Å². The number of carboxylic acid groups (broad SMARTS) is 1. The van der Waals surface area contributed by atoms with Gasteiger partial charge in [-0.3, -0.25) is 4.79 Å². The van der Waals surface area contributed by atoms with E-state index in [0.717, 1.165) is 10.7 Å². The van der Waals surface area contributed by atoms with Crippen molar-refractivity contribution in [3.63, 3.8) is 0 Å². The number of thiazole rings is 1. The summed E-state index contributed by atoms with van der Waals surface area (Å²) >= 11 is 7.66. The van der Waals surface area contributed by atoms with E-state index in [1.54, 1.807) is 13.1 Å². The number of benzene rings is 1. The Balaban J connectivity index is 2.19. The molecular formula is C14H15ClN2O2S. The van der Waals surface area contributed by atoms with Crippen molar-refractivity contribution in [1.82, 2.24) is 4.98 Å². The molecule has 0 aliphatic carbocycles. The normalized spacial score (nSPS) is 12.1. The van der Waals surface area contributed by atoms with Crippen LogP contribution in [0.25, 0.3) is 0 Å². The molecule has 0 bridgehead atoms. The van der Waals surface area contributed by atoms with Gasteiger partial charge in [0.2, 0.25) is 0 Å². The lowest BCUT2D eigenvalue weighted by atomic mass is 10.1. The van der Waals surface area contributed by atoms with Crippen LogP contribution in [0.15, 0.2) is 35.8 Å². The van der Waals surface area contributed by atoms with Crippen LogP contribution >= 0.6 is 22.9 Å². The molecular weight excluding hydrogens is 296 g/mol. The minimum Gasteiger partial charge on any atom is -0.481 e. The zero-order valence-corrected chi connectivity index (χ0v) is 12.6. The van der Waals surface area contributed by atoms with Gasteiger partial charge in [-0.25, -0.2) is 4.98 Å². The molecule has 0 saturated heterocycles. The number of rotatable bonds is 6. The summed E-state index contributed by atoms with van der Waals surface area (Å²) in [5.41, 5.74) is 0.960. The van der Waals surface area contributed by atoms with Gasteiger partial charge in [0.25, 0.3) is 0 Å². The van der Waals surface area contributed by atoms with E-state index in [4.69, 9.17) is 16.7 Å². The van der Waals surface area contributed by atoms with E-state index in [1.807, 2.05) is 34.5 Å². The average Bonchev–Trinajstić information content (AvgIpc) is 2.94. The van der Waals surface area contributed by atoms with Crippen LogP contribution in [-0.2, 0) is 11.3 Å². The minimum absolute atomic E-state index is 0.397. The molecule has 1 aromatic heterocycles. The molecule has 0 aliphatic rings. The van der Waals surface area contributed by atoms with Crippen LogP contribution in [0.1, 0.15) is 12.5 Å². The van der Waals surface area contributed by atoms with Gasteiger partial charge in [0.1, 0.15) is 0 Å². The van der Waals surface area contributed by atoms with E-state index in [0.29, 0.717) is 18.1 Å². The van der Waals surface area contributed by atoms with Crippen molar-refractivity contribution in [3.8, 4) is 0 Å². The first-order valence-electron chi connectivity index (χ1n) is 6.18. The Kier molecular flexibility index (Phi) is 4.98. The number of aliphatic carboxylic acids is 1. The van der Waals surface area contributed by atoms with E-state index in [-0.39, 0.29) is 0 Å². The molecule has 1 heterocycles. The Morgan fingerprint density at radius 3 is 2.85 bits per heavy atom. The Bertz CT molecular complexity index is 574. The van der Waals surface area contributed by atoms with Gasteiger partial charge < -0.3 is 10.0 Å². The molecule has 2 rings (SSSR count). The van der Waals surface area contributed by atoms with Crippen LogP contribution in [0.3, 0.4) is 0 Å². The summed E-state index contributed by atoms with van der Waals surface area (Å²) in [6.45, 7) is 2.63. The van der Waals surface area contributed by atoms with Crippen molar-refractivity contribution >= 4 is 34.0 Å². The van der Waals surface area contributed by atoms with Crippen molar-refractivity contribution < 1.29 is 9.90 Å². The molecule has 0 fully saturated rings. The zero-order chi connectivity index (χ0) is 14.5. The standard InChI is InChI=1S/C14H15ClN2O2S/c1-10(13(18)19)8-17(14-16-6-7-20-14)9-11-4-2-3-5-12(11)15/h2-7,10H,8-9H2,1H3,(H,18,19). The van der Waals surface area contributed by atoms with Crippen molar-refractivity contribution in [3.05, 3.63) is 46.4 Å². The second-order valence-electron chi connectivity index (χ2n) is 4.53. The third-order valence-corrected chi connectivity index (χ3v) is 4.13. The lowest BCUT2D eigenvalue weighted by Crippen LogP contribution is -2.31. The maximum atomic E-state index is 11.1.